The number of piperazine rings is 1. The number of benzene rings is 1. The van der Waals surface area contributed by atoms with E-state index >= 15 is 0 Å². The van der Waals surface area contributed by atoms with Crippen LogP contribution in [0.3, 0.4) is 0 Å². The van der Waals surface area contributed by atoms with E-state index in [2.05, 4.69) is 69.3 Å². The van der Waals surface area contributed by atoms with E-state index in [4.69, 9.17) is 4.98 Å². The molecule has 1 aliphatic heterocycles. The lowest BCUT2D eigenvalue weighted by Gasteiger charge is -2.27. The maximum absolute atomic E-state index is 4.89. The molecule has 1 N–H and O–H groups in total. The second-order valence-corrected chi connectivity index (χ2v) is 6.12. The average molecular weight is 306 g/mol. The van der Waals surface area contributed by atoms with Gasteiger partial charge in [-0.2, -0.15) is 0 Å². The first kappa shape index (κ1) is 14.4. The molecule has 0 saturated carbocycles. The highest BCUT2D eigenvalue weighted by Gasteiger charge is 2.17. The molecular formula is C19H22N4. The minimum Gasteiger partial charge on any atom is -0.314 e. The van der Waals surface area contributed by atoms with Gasteiger partial charge in [0.05, 0.1) is 11.4 Å². The first-order valence-electron chi connectivity index (χ1n) is 8.32. The molecule has 0 spiro atoms. The van der Waals surface area contributed by atoms with Crippen molar-refractivity contribution in [1.29, 1.82) is 0 Å². The third-order valence-electron chi connectivity index (χ3n) is 4.51. The SMILES string of the molecule is c1ccc(Cc2nc3ccccn3c2CN2CCNCC2)cc1. The fraction of sp³-hybridized carbons (Fsp3) is 0.316. The predicted molar refractivity (Wildman–Crippen MR) is 92.6 cm³/mol. The summed E-state index contributed by atoms with van der Waals surface area (Å²) in [7, 11) is 0. The molecule has 1 saturated heterocycles. The van der Waals surface area contributed by atoms with Gasteiger partial charge in [-0.3, -0.25) is 4.90 Å². The maximum atomic E-state index is 4.89. The highest BCUT2D eigenvalue weighted by Crippen LogP contribution is 2.18. The highest BCUT2D eigenvalue weighted by molar-refractivity contribution is 5.44. The Labute approximate surface area is 136 Å². The number of nitrogens with zero attached hydrogens (tertiary/aromatic N) is 3. The molecule has 1 aliphatic rings. The predicted octanol–water partition coefficient (Wildman–Crippen LogP) is 2.33. The molecule has 4 rings (SSSR count). The van der Waals surface area contributed by atoms with Crippen LogP contribution in [0.25, 0.3) is 5.65 Å². The Morgan fingerprint density at radius 2 is 1.74 bits per heavy atom. The molecule has 0 radical (unpaired) electrons. The minimum absolute atomic E-state index is 0.893. The van der Waals surface area contributed by atoms with Crippen molar-refractivity contribution in [3.63, 3.8) is 0 Å². The molecule has 0 atom stereocenters. The Morgan fingerprint density at radius 1 is 0.957 bits per heavy atom. The largest absolute Gasteiger partial charge is 0.314 e. The summed E-state index contributed by atoms with van der Waals surface area (Å²) in [6, 6.07) is 16.9. The number of aromatic nitrogens is 2. The van der Waals surface area contributed by atoms with Crippen LogP contribution in [0.15, 0.2) is 54.7 Å². The van der Waals surface area contributed by atoms with Crippen molar-refractivity contribution in [2.24, 2.45) is 0 Å². The highest BCUT2D eigenvalue weighted by atomic mass is 15.2. The van der Waals surface area contributed by atoms with Crippen molar-refractivity contribution < 1.29 is 0 Å². The third kappa shape index (κ3) is 3.14. The standard InChI is InChI=1S/C19H22N4/c1-2-6-16(7-3-1)14-17-18(15-22-12-9-20-10-13-22)23-11-5-4-8-19(23)21-17/h1-8,11,20H,9-10,12-15H2. The monoisotopic (exact) mass is 306 g/mol. The summed E-state index contributed by atoms with van der Waals surface area (Å²) in [5, 5.41) is 3.42. The molecule has 0 aliphatic carbocycles. The van der Waals surface area contributed by atoms with Crippen molar-refractivity contribution >= 4 is 5.65 Å². The van der Waals surface area contributed by atoms with Gasteiger partial charge in [-0.25, -0.2) is 4.98 Å². The van der Waals surface area contributed by atoms with Crippen molar-refractivity contribution in [3.8, 4) is 0 Å². The molecule has 0 unspecified atom stereocenters. The first-order chi connectivity index (χ1) is 11.4. The minimum atomic E-state index is 0.893. The van der Waals surface area contributed by atoms with Gasteiger partial charge in [-0.15, -0.1) is 0 Å². The summed E-state index contributed by atoms with van der Waals surface area (Å²) in [5.74, 6) is 0. The van der Waals surface area contributed by atoms with E-state index in [1.54, 1.807) is 0 Å². The summed E-state index contributed by atoms with van der Waals surface area (Å²) in [6.07, 6.45) is 3.03. The van der Waals surface area contributed by atoms with Gasteiger partial charge in [0.1, 0.15) is 5.65 Å². The lowest BCUT2D eigenvalue weighted by atomic mass is 10.1. The van der Waals surface area contributed by atoms with E-state index in [1.807, 2.05) is 0 Å². The van der Waals surface area contributed by atoms with Crippen LogP contribution < -0.4 is 5.32 Å². The lowest BCUT2D eigenvalue weighted by molar-refractivity contribution is 0.229. The van der Waals surface area contributed by atoms with Gasteiger partial charge >= 0.3 is 0 Å². The Balaban J connectivity index is 1.69. The number of hydrogen-bond donors (Lipinski definition) is 1. The van der Waals surface area contributed by atoms with E-state index in [0.717, 1.165) is 44.8 Å². The van der Waals surface area contributed by atoms with Crippen molar-refractivity contribution in [2.45, 2.75) is 13.0 Å². The molecule has 0 bridgehead atoms. The van der Waals surface area contributed by atoms with Crippen molar-refractivity contribution in [2.75, 3.05) is 26.2 Å². The van der Waals surface area contributed by atoms with Gasteiger partial charge in [0.2, 0.25) is 0 Å². The second kappa shape index (κ2) is 6.52. The van der Waals surface area contributed by atoms with Crippen LogP contribution >= 0.6 is 0 Å². The molecule has 2 aromatic heterocycles. The number of nitrogens with one attached hydrogen (secondary N) is 1. The van der Waals surface area contributed by atoms with Gasteiger partial charge < -0.3 is 9.72 Å². The quantitative estimate of drug-likeness (QED) is 0.803. The van der Waals surface area contributed by atoms with Crippen molar-refractivity contribution in [3.05, 3.63) is 71.7 Å². The molecule has 3 heterocycles. The van der Waals surface area contributed by atoms with Crippen LogP contribution in [0.5, 0.6) is 0 Å². The summed E-state index contributed by atoms with van der Waals surface area (Å²) in [5.41, 5.74) is 4.88. The zero-order valence-electron chi connectivity index (χ0n) is 13.3. The zero-order chi connectivity index (χ0) is 15.5. The Morgan fingerprint density at radius 3 is 2.57 bits per heavy atom. The van der Waals surface area contributed by atoms with Crippen LogP contribution in [-0.4, -0.2) is 40.5 Å². The molecule has 1 aromatic carbocycles. The third-order valence-corrected chi connectivity index (χ3v) is 4.51. The van der Waals surface area contributed by atoms with Gasteiger partial charge in [0, 0.05) is 45.3 Å². The van der Waals surface area contributed by atoms with E-state index in [0.29, 0.717) is 0 Å². The fourth-order valence-corrected chi connectivity index (χ4v) is 3.27. The van der Waals surface area contributed by atoms with E-state index < -0.39 is 0 Å². The smallest absolute Gasteiger partial charge is 0.137 e. The molecule has 118 valence electrons. The normalized spacial score (nSPS) is 16.0. The molecule has 23 heavy (non-hydrogen) atoms. The number of fused-ring (bicyclic) bond motifs is 1. The topological polar surface area (TPSA) is 32.6 Å². The Kier molecular flexibility index (Phi) is 4.09. The van der Waals surface area contributed by atoms with Gasteiger partial charge in [-0.1, -0.05) is 36.4 Å². The summed E-state index contributed by atoms with van der Waals surface area (Å²) >= 11 is 0. The van der Waals surface area contributed by atoms with Crippen LogP contribution in [0.2, 0.25) is 0 Å². The van der Waals surface area contributed by atoms with E-state index in [9.17, 15) is 0 Å². The zero-order valence-corrected chi connectivity index (χ0v) is 13.3. The van der Waals surface area contributed by atoms with Gasteiger partial charge in [0.15, 0.2) is 0 Å². The first-order valence-corrected chi connectivity index (χ1v) is 8.32. The molecule has 0 amide bonds. The fourth-order valence-electron chi connectivity index (χ4n) is 3.27. The van der Waals surface area contributed by atoms with E-state index in [1.165, 1.54) is 17.0 Å². The second-order valence-electron chi connectivity index (χ2n) is 6.12. The maximum Gasteiger partial charge on any atom is 0.137 e. The number of hydrogen-bond acceptors (Lipinski definition) is 3. The molecule has 4 nitrogen and oxygen atoms in total. The van der Waals surface area contributed by atoms with Crippen LogP contribution in [-0.2, 0) is 13.0 Å². The van der Waals surface area contributed by atoms with Crippen LogP contribution in [0.4, 0.5) is 0 Å². The summed E-state index contributed by atoms with van der Waals surface area (Å²) in [6.45, 7) is 5.32. The molecule has 3 aromatic rings. The van der Waals surface area contributed by atoms with Crippen LogP contribution in [0.1, 0.15) is 17.0 Å². The number of rotatable bonds is 4. The van der Waals surface area contributed by atoms with Crippen LogP contribution in [0, 0.1) is 0 Å². The summed E-state index contributed by atoms with van der Waals surface area (Å²) in [4.78, 5) is 7.41. The van der Waals surface area contributed by atoms with Gasteiger partial charge in [0.25, 0.3) is 0 Å². The number of imidazole rings is 1. The molecule has 4 heteroatoms. The molecule has 1 fully saturated rings. The average Bonchev–Trinajstić information content (AvgIpc) is 2.94. The van der Waals surface area contributed by atoms with E-state index in [-0.39, 0.29) is 0 Å². The Hall–Kier alpha value is -2.17. The molecular weight excluding hydrogens is 284 g/mol. The summed E-state index contributed by atoms with van der Waals surface area (Å²) < 4.78 is 2.25. The number of pyridine rings is 1. The van der Waals surface area contributed by atoms with Crippen molar-refractivity contribution in [1.82, 2.24) is 19.6 Å². The Bertz CT molecular complexity index is 772. The van der Waals surface area contributed by atoms with Gasteiger partial charge in [-0.05, 0) is 17.7 Å². The lowest BCUT2D eigenvalue weighted by Crippen LogP contribution is -2.43.